The van der Waals surface area contributed by atoms with Gasteiger partial charge in [-0.1, -0.05) is 47.5 Å². The summed E-state index contributed by atoms with van der Waals surface area (Å²) in [5.41, 5.74) is 0.960. The van der Waals surface area contributed by atoms with Gasteiger partial charge < -0.3 is 15.5 Å². The van der Waals surface area contributed by atoms with Gasteiger partial charge in [0.15, 0.2) is 10.6 Å². The summed E-state index contributed by atoms with van der Waals surface area (Å²) in [4.78, 5) is 21.2. The summed E-state index contributed by atoms with van der Waals surface area (Å²) in [6.07, 6.45) is -1.14. The summed E-state index contributed by atoms with van der Waals surface area (Å²) in [5.74, 6) is -0.794. The van der Waals surface area contributed by atoms with E-state index < -0.39 is 29.5 Å². The first-order valence-electron chi connectivity index (χ1n) is 5.85. The number of alkyl halides is 2. The van der Waals surface area contributed by atoms with Crippen LogP contribution >= 0.6 is 23.2 Å². The highest BCUT2D eigenvalue weighted by Gasteiger charge is 2.24. The summed E-state index contributed by atoms with van der Waals surface area (Å²) in [7, 11) is 0. The fraction of sp³-hybridized carbons (Fsp3) is 0.385. The van der Waals surface area contributed by atoms with Crippen LogP contribution in [0.25, 0.3) is 0 Å². The summed E-state index contributed by atoms with van der Waals surface area (Å²) in [6, 6.07) is 5.28. The number of nitrogens with one attached hydrogen (secondary N) is 1. The second-order valence-electron chi connectivity index (χ2n) is 4.22. The van der Waals surface area contributed by atoms with Crippen molar-refractivity contribution >= 4 is 34.9 Å². The third kappa shape index (κ3) is 4.45. The molecule has 0 saturated heterocycles. The lowest BCUT2D eigenvalue weighted by Crippen LogP contribution is -2.44. The number of halogens is 2. The van der Waals surface area contributed by atoms with Crippen molar-refractivity contribution in [1.82, 2.24) is 5.32 Å². The number of rotatable bonds is 6. The van der Waals surface area contributed by atoms with E-state index in [1.54, 1.807) is 24.3 Å². The Hall–Kier alpha value is -1.14. The molecule has 5 nitrogen and oxygen atoms in total. The number of aliphatic hydroxyl groups excluding tert-OH is 2. The summed E-state index contributed by atoms with van der Waals surface area (Å²) in [6.45, 7) is 0.950. The number of hydrogen-bond donors (Lipinski definition) is 3. The first-order valence-corrected chi connectivity index (χ1v) is 6.72. The van der Waals surface area contributed by atoms with Gasteiger partial charge in [0.05, 0.1) is 12.6 Å². The van der Waals surface area contributed by atoms with Gasteiger partial charge in [0, 0.05) is 5.56 Å². The van der Waals surface area contributed by atoms with Crippen LogP contribution in [0, 0.1) is 0 Å². The highest BCUT2D eigenvalue weighted by atomic mass is 35.5. The second kappa shape index (κ2) is 7.59. The lowest BCUT2D eigenvalue weighted by molar-refractivity contribution is -0.121. The number of carbonyl (C=O) groups is 2. The molecule has 1 rings (SSSR count). The number of aliphatic hydroxyl groups is 2. The highest BCUT2D eigenvalue weighted by molar-refractivity contribution is 6.53. The maximum absolute atomic E-state index is 11.3. The third-order valence-corrected chi connectivity index (χ3v) is 3.16. The molecule has 110 valence electrons. The Kier molecular flexibility index (Phi) is 6.42. The van der Waals surface area contributed by atoms with E-state index in [1.807, 2.05) is 0 Å². The third-order valence-electron chi connectivity index (χ3n) is 2.76. The highest BCUT2D eigenvalue weighted by Crippen LogP contribution is 2.18. The van der Waals surface area contributed by atoms with Crippen molar-refractivity contribution in [3.05, 3.63) is 35.4 Å². The number of ketones is 1. The van der Waals surface area contributed by atoms with E-state index in [0.717, 1.165) is 0 Å². The number of hydrogen-bond acceptors (Lipinski definition) is 4. The van der Waals surface area contributed by atoms with Crippen molar-refractivity contribution in [3.8, 4) is 0 Å². The van der Waals surface area contributed by atoms with Crippen molar-refractivity contribution in [2.24, 2.45) is 0 Å². The molecule has 0 saturated carbocycles. The Morgan fingerprint density at radius 1 is 1.25 bits per heavy atom. The topological polar surface area (TPSA) is 86.6 Å². The average Bonchev–Trinajstić information content (AvgIpc) is 2.43. The van der Waals surface area contributed by atoms with E-state index >= 15 is 0 Å². The van der Waals surface area contributed by atoms with Crippen LogP contribution in [-0.2, 0) is 4.79 Å². The minimum Gasteiger partial charge on any atom is -0.394 e. The van der Waals surface area contributed by atoms with E-state index in [2.05, 4.69) is 5.32 Å². The predicted molar refractivity (Wildman–Crippen MR) is 75.9 cm³/mol. The Labute approximate surface area is 126 Å². The fourth-order valence-electron chi connectivity index (χ4n) is 1.62. The average molecular weight is 320 g/mol. The fourth-order valence-corrected chi connectivity index (χ4v) is 1.74. The number of benzene rings is 1. The molecule has 0 heterocycles. The molecule has 7 heteroatoms. The Balaban J connectivity index is 2.82. The van der Waals surface area contributed by atoms with Crippen molar-refractivity contribution < 1.29 is 19.8 Å². The van der Waals surface area contributed by atoms with Crippen LogP contribution in [0.2, 0.25) is 0 Å². The van der Waals surface area contributed by atoms with Gasteiger partial charge in [-0.25, -0.2) is 0 Å². The Morgan fingerprint density at radius 3 is 2.20 bits per heavy atom. The molecule has 0 aliphatic rings. The van der Waals surface area contributed by atoms with Crippen LogP contribution in [0.4, 0.5) is 0 Å². The zero-order valence-corrected chi connectivity index (χ0v) is 12.2. The quantitative estimate of drug-likeness (QED) is 0.543. The van der Waals surface area contributed by atoms with Crippen LogP contribution in [0.3, 0.4) is 0 Å². The molecule has 0 aliphatic carbocycles. The molecule has 3 N–H and O–H groups in total. The van der Waals surface area contributed by atoms with Crippen molar-refractivity contribution in [3.63, 3.8) is 0 Å². The van der Waals surface area contributed by atoms with Gasteiger partial charge in [-0.15, -0.1) is 0 Å². The van der Waals surface area contributed by atoms with Gasteiger partial charge in [-0.3, -0.25) is 9.59 Å². The van der Waals surface area contributed by atoms with E-state index in [0.29, 0.717) is 11.1 Å². The monoisotopic (exact) mass is 319 g/mol. The molecule has 0 spiro atoms. The van der Waals surface area contributed by atoms with Gasteiger partial charge >= 0.3 is 0 Å². The minimum absolute atomic E-state index is 0.0924. The van der Waals surface area contributed by atoms with E-state index in [4.69, 9.17) is 23.2 Å². The summed E-state index contributed by atoms with van der Waals surface area (Å²) >= 11 is 10.8. The number of Topliss-reactive ketones (excluding diaryl/α,β-unsaturated/α-hetero) is 1. The molecular formula is C13H15Cl2NO4. The molecule has 0 bridgehead atoms. The molecular weight excluding hydrogens is 305 g/mol. The molecule has 1 aromatic rings. The van der Waals surface area contributed by atoms with Crippen LogP contribution in [-0.4, -0.2) is 39.4 Å². The van der Waals surface area contributed by atoms with Gasteiger partial charge in [-0.2, -0.15) is 0 Å². The Bertz CT molecular complexity index is 476. The van der Waals surface area contributed by atoms with Crippen molar-refractivity contribution in [1.29, 1.82) is 0 Å². The van der Waals surface area contributed by atoms with E-state index in [1.165, 1.54) is 6.92 Å². The first kappa shape index (κ1) is 16.9. The minimum atomic E-state index is -1.28. The standard InChI is InChI=1S/C13H15Cl2NO4/c1-7(18)8-2-4-9(5-3-8)11(19)10(6-17)16-13(20)12(14)15/h2-5,10-12,17,19H,6H2,1H3,(H,16,20)/t10?,11-/m1/s1. The molecule has 0 radical (unpaired) electrons. The summed E-state index contributed by atoms with van der Waals surface area (Å²) in [5, 5.41) is 21.6. The molecule has 1 amide bonds. The van der Waals surface area contributed by atoms with Crippen molar-refractivity contribution in [2.75, 3.05) is 6.61 Å². The predicted octanol–water partition coefficient (Wildman–Crippen LogP) is 1.20. The normalized spacial score (nSPS) is 13.9. The SMILES string of the molecule is CC(=O)c1ccc([C@@H](O)C(CO)NC(=O)C(Cl)Cl)cc1. The molecule has 0 fully saturated rings. The Morgan fingerprint density at radius 2 is 1.80 bits per heavy atom. The van der Waals surface area contributed by atoms with Gasteiger partial charge in [0.2, 0.25) is 0 Å². The second-order valence-corrected chi connectivity index (χ2v) is 5.32. The van der Waals surface area contributed by atoms with E-state index in [9.17, 15) is 19.8 Å². The molecule has 1 aromatic carbocycles. The van der Waals surface area contributed by atoms with Crippen LogP contribution in [0.15, 0.2) is 24.3 Å². The van der Waals surface area contributed by atoms with Crippen molar-refractivity contribution in [2.45, 2.75) is 23.9 Å². The number of carbonyl (C=O) groups excluding carboxylic acids is 2. The lowest BCUT2D eigenvalue weighted by Gasteiger charge is -2.23. The van der Waals surface area contributed by atoms with Crippen LogP contribution < -0.4 is 5.32 Å². The molecule has 0 aromatic heterocycles. The van der Waals surface area contributed by atoms with Gasteiger partial charge in [0.25, 0.3) is 5.91 Å². The largest absolute Gasteiger partial charge is 0.394 e. The van der Waals surface area contributed by atoms with Crippen LogP contribution in [0.1, 0.15) is 28.9 Å². The smallest absolute Gasteiger partial charge is 0.253 e. The zero-order valence-electron chi connectivity index (χ0n) is 10.7. The molecule has 20 heavy (non-hydrogen) atoms. The van der Waals surface area contributed by atoms with Gasteiger partial charge in [0.1, 0.15) is 6.10 Å². The van der Waals surface area contributed by atoms with Gasteiger partial charge in [-0.05, 0) is 12.5 Å². The molecule has 0 aliphatic heterocycles. The molecule has 1 unspecified atom stereocenters. The maximum atomic E-state index is 11.3. The first-order chi connectivity index (χ1) is 9.36. The summed E-state index contributed by atoms with van der Waals surface area (Å²) < 4.78 is 0. The van der Waals surface area contributed by atoms with E-state index in [-0.39, 0.29) is 5.78 Å². The molecule has 2 atom stereocenters. The van der Waals surface area contributed by atoms with Crippen LogP contribution in [0.5, 0.6) is 0 Å². The number of amides is 1. The lowest BCUT2D eigenvalue weighted by atomic mass is 10.0. The maximum Gasteiger partial charge on any atom is 0.253 e. The zero-order chi connectivity index (χ0) is 15.3.